The van der Waals surface area contributed by atoms with Gasteiger partial charge in [0.05, 0.1) is 35.2 Å². The summed E-state index contributed by atoms with van der Waals surface area (Å²) >= 11 is 12.5. The molecule has 0 unspecified atom stereocenters. The van der Waals surface area contributed by atoms with Crippen molar-refractivity contribution in [1.82, 2.24) is 14.9 Å². The Balaban J connectivity index is 1.50. The van der Waals surface area contributed by atoms with Gasteiger partial charge in [-0.05, 0) is 42.5 Å². The van der Waals surface area contributed by atoms with Crippen LogP contribution in [0, 0.1) is 5.21 Å². The van der Waals surface area contributed by atoms with Crippen LogP contribution >= 0.6 is 23.2 Å². The smallest absolute Gasteiger partial charge is 0.401 e. The van der Waals surface area contributed by atoms with Crippen molar-refractivity contribution in [3.8, 4) is 11.3 Å². The van der Waals surface area contributed by atoms with Crippen molar-refractivity contribution < 1.29 is 23.2 Å². The Morgan fingerprint density at radius 2 is 1.73 bits per heavy atom. The molecular formula is C24H24Cl2F3N8O3-. The fourth-order valence-electron chi connectivity index (χ4n) is 4.12. The number of benzene rings is 1. The number of hydrogen-bond donors (Lipinski definition) is 4. The number of aromatic nitrogens is 2. The van der Waals surface area contributed by atoms with Gasteiger partial charge >= 0.3 is 6.18 Å². The van der Waals surface area contributed by atoms with Crippen LogP contribution in [0.1, 0.15) is 0 Å². The van der Waals surface area contributed by atoms with Crippen molar-refractivity contribution in [2.75, 3.05) is 65.8 Å². The number of nitrogens with one attached hydrogen (secondary N) is 2. The molecule has 0 atom stereocenters. The fraction of sp³-hybridized carbons (Fsp3) is 0.292. The van der Waals surface area contributed by atoms with Crippen molar-refractivity contribution in [2.45, 2.75) is 6.18 Å². The summed E-state index contributed by atoms with van der Waals surface area (Å²) < 4.78 is 38.5. The molecule has 1 amide bonds. The SMILES string of the molecule is Nc1nc(NCCNc2ccc(N3CCN(CC(F)(F)F)CC3=O)c(-c3ccc(Cl)cc3Cl)n2)ccc1N([O-])O. The van der Waals surface area contributed by atoms with Crippen LogP contribution in [0.3, 0.4) is 0 Å². The number of amides is 1. The summed E-state index contributed by atoms with van der Waals surface area (Å²) in [5.74, 6) is 0.184. The molecule has 16 heteroatoms. The number of pyridine rings is 2. The van der Waals surface area contributed by atoms with E-state index in [1.165, 1.54) is 23.1 Å². The molecule has 11 nitrogen and oxygen atoms in total. The molecule has 0 bridgehead atoms. The molecule has 40 heavy (non-hydrogen) atoms. The van der Waals surface area contributed by atoms with Crippen molar-refractivity contribution >= 4 is 57.9 Å². The number of anilines is 5. The Labute approximate surface area is 236 Å². The number of hydrogen-bond acceptors (Lipinski definition) is 10. The number of rotatable bonds is 9. The van der Waals surface area contributed by atoms with Gasteiger partial charge in [0.1, 0.15) is 11.6 Å². The van der Waals surface area contributed by atoms with E-state index >= 15 is 0 Å². The van der Waals surface area contributed by atoms with E-state index in [-0.39, 0.29) is 41.4 Å². The maximum absolute atomic E-state index is 12.9. The summed E-state index contributed by atoms with van der Waals surface area (Å²) in [7, 11) is 0. The zero-order valence-electron chi connectivity index (χ0n) is 20.8. The van der Waals surface area contributed by atoms with E-state index in [0.717, 1.165) is 4.90 Å². The van der Waals surface area contributed by atoms with Crippen LogP contribution in [0.25, 0.3) is 11.3 Å². The molecule has 0 radical (unpaired) electrons. The highest BCUT2D eigenvalue weighted by molar-refractivity contribution is 6.36. The quantitative estimate of drug-likeness (QED) is 0.205. The van der Waals surface area contributed by atoms with Crippen molar-refractivity contribution in [3.05, 3.63) is 57.7 Å². The molecule has 3 heterocycles. The lowest BCUT2D eigenvalue weighted by Crippen LogP contribution is -2.52. The summed E-state index contributed by atoms with van der Waals surface area (Å²) in [6.07, 6.45) is -4.40. The van der Waals surface area contributed by atoms with Crippen LogP contribution < -0.4 is 26.5 Å². The minimum Gasteiger partial charge on any atom is -0.733 e. The van der Waals surface area contributed by atoms with Crippen molar-refractivity contribution in [3.63, 3.8) is 0 Å². The first-order valence-corrected chi connectivity index (χ1v) is 12.6. The monoisotopic (exact) mass is 599 g/mol. The van der Waals surface area contributed by atoms with Gasteiger partial charge in [-0.3, -0.25) is 14.9 Å². The summed E-state index contributed by atoms with van der Waals surface area (Å²) in [6.45, 7) is -0.736. The first kappa shape index (κ1) is 29.4. The Hall–Kier alpha value is -3.56. The lowest BCUT2D eigenvalue weighted by Gasteiger charge is -2.35. The van der Waals surface area contributed by atoms with Gasteiger partial charge < -0.3 is 31.7 Å². The Bertz CT molecular complexity index is 1380. The van der Waals surface area contributed by atoms with E-state index in [4.69, 9.17) is 34.1 Å². The zero-order valence-corrected chi connectivity index (χ0v) is 22.3. The van der Waals surface area contributed by atoms with Gasteiger partial charge in [0, 0.05) is 36.8 Å². The highest BCUT2D eigenvalue weighted by Gasteiger charge is 2.35. The molecule has 3 aromatic rings. The summed E-state index contributed by atoms with van der Waals surface area (Å²) in [5.41, 5.74) is 6.72. The Morgan fingerprint density at radius 1 is 1.05 bits per heavy atom. The topological polar surface area (TPSA) is 146 Å². The standard InChI is InChI=1S/C24H24Cl2F3N8O3/c25-14-1-2-15(16(26)11-14)22-17(36-10-9-35(12-21(36)38)13-24(27,28)29)3-5-19(33-22)31-7-8-32-20-6-4-18(37(39)40)23(30)34-20/h1-6,11,39H,7-10,12-13H2,(H,31,33)(H3,30,32,34)/q-1. The largest absolute Gasteiger partial charge is 0.733 e. The van der Waals surface area contributed by atoms with E-state index < -0.39 is 18.6 Å². The predicted molar refractivity (Wildman–Crippen MR) is 148 cm³/mol. The third-order valence-corrected chi connectivity index (χ3v) is 6.45. The summed E-state index contributed by atoms with van der Waals surface area (Å²) in [4.78, 5) is 24.0. The molecule has 1 aromatic carbocycles. The molecule has 5 N–H and O–H groups in total. The Morgan fingerprint density at radius 3 is 2.33 bits per heavy atom. The molecule has 1 aliphatic rings. The van der Waals surface area contributed by atoms with Gasteiger partial charge in [-0.25, -0.2) is 9.97 Å². The number of nitrogens with two attached hydrogens (primary N) is 1. The third kappa shape index (κ3) is 7.34. The molecule has 1 aliphatic heterocycles. The molecule has 1 fully saturated rings. The maximum Gasteiger partial charge on any atom is 0.401 e. The fourth-order valence-corrected chi connectivity index (χ4v) is 4.62. The number of nitrogen functional groups attached to an aromatic ring is 1. The van der Waals surface area contributed by atoms with Crippen LogP contribution in [0.4, 0.5) is 42.0 Å². The van der Waals surface area contributed by atoms with Crippen molar-refractivity contribution in [2.24, 2.45) is 0 Å². The van der Waals surface area contributed by atoms with E-state index in [0.29, 0.717) is 46.7 Å². The third-order valence-electron chi connectivity index (χ3n) is 5.90. The second-order valence-corrected chi connectivity index (χ2v) is 9.63. The number of halogens is 5. The molecule has 0 saturated carbocycles. The molecule has 0 aliphatic carbocycles. The second kappa shape index (κ2) is 12.3. The van der Waals surface area contributed by atoms with Gasteiger partial charge in [-0.1, -0.05) is 23.2 Å². The highest BCUT2D eigenvalue weighted by atomic mass is 35.5. The van der Waals surface area contributed by atoms with Crippen LogP contribution in [-0.2, 0) is 4.79 Å². The number of carbonyl (C=O) groups excluding carboxylic acids is 1. The molecule has 0 spiro atoms. The van der Waals surface area contributed by atoms with Gasteiger partial charge in [-0.15, -0.1) is 0 Å². The van der Waals surface area contributed by atoms with E-state index in [1.807, 2.05) is 0 Å². The van der Waals surface area contributed by atoms with Crippen molar-refractivity contribution in [1.29, 1.82) is 0 Å². The highest BCUT2D eigenvalue weighted by Crippen LogP contribution is 2.37. The molecule has 214 valence electrons. The average Bonchev–Trinajstić information content (AvgIpc) is 2.86. The minimum atomic E-state index is -4.40. The van der Waals surface area contributed by atoms with Crippen LogP contribution in [0.15, 0.2) is 42.5 Å². The minimum absolute atomic E-state index is 0.0371. The number of alkyl halides is 3. The van der Waals surface area contributed by atoms with Gasteiger partial charge in [0.25, 0.3) is 0 Å². The lowest BCUT2D eigenvalue weighted by molar-refractivity contribution is -0.150. The predicted octanol–water partition coefficient (Wildman–Crippen LogP) is 4.46. The van der Waals surface area contributed by atoms with Crippen LogP contribution in [-0.4, -0.2) is 71.4 Å². The summed E-state index contributed by atoms with van der Waals surface area (Å²) in [5, 5.41) is 26.5. The average molecular weight is 600 g/mol. The van der Waals surface area contributed by atoms with E-state index in [2.05, 4.69) is 20.6 Å². The zero-order chi connectivity index (χ0) is 29.0. The Kier molecular flexibility index (Phi) is 9.05. The second-order valence-electron chi connectivity index (χ2n) is 8.79. The first-order chi connectivity index (χ1) is 18.9. The molecule has 2 aromatic heterocycles. The number of nitrogens with zero attached hydrogens (tertiary/aromatic N) is 5. The summed E-state index contributed by atoms with van der Waals surface area (Å²) in [6, 6.07) is 10.9. The van der Waals surface area contributed by atoms with Crippen LogP contribution in [0.5, 0.6) is 0 Å². The maximum atomic E-state index is 12.9. The molecular weight excluding hydrogens is 576 g/mol. The molecule has 1 saturated heterocycles. The number of carbonyl (C=O) groups is 1. The number of piperazine rings is 1. The first-order valence-electron chi connectivity index (χ1n) is 11.9. The van der Waals surface area contributed by atoms with Gasteiger partial charge in [-0.2, -0.15) is 13.2 Å². The van der Waals surface area contributed by atoms with E-state index in [9.17, 15) is 23.2 Å². The molecule has 4 rings (SSSR count). The van der Waals surface area contributed by atoms with E-state index in [1.54, 1.807) is 24.3 Å². The van der Waals surface area contributed by atoms with Crippen LogP contribution in [0.2, 0.25) is 10.0 Å². The van der Waals surface area contributed by atoms with Gasteiger partial charge in [0.2, 0.25) is 5.91 Å². The normalized spacial score (nSPS) is 14.4. The van der Waals surface area contributed by atoms with Gasteiger partial charge in [0.15, 0.2) is 5.82 Å². The lowest BCUT2D eigenvalue weighted by atomic mass is 10.1.